The Bertz CT molecular complexity index is 683. The van der Waals surface area contributed by atoms with Gasteiger partial charge in [-0.1, -0.05) is 43.7 Å². The molecule has 1 unspecified atom stereocenters. The van der Waals surface area contributed by atoms with E-state index in [1.54, 1.807) is 19.4 Å². The first-order valence-corrected chi connectivity index (χ1v) is 12.2. The monoisotopic (exact) mass is 416 g/mol. The second kappa shape index (κ2) is 9.30. The fraction of sp³-hybridized carbons (Fsp3) is 0.778. The fourth-order valence-electron chi connectivity index (χ4n) is 6.86. The first-order chi connectivity index (χ1) is 14.0. The molecular weight excluding hydrogens is 372 g/mol. The molecule has 30 heavy (non-hydrogen) atoms. The van der Waals surface area contributed by atoms with Crippen LogP contribution in [-0.4, -0.2) is 33.1 Å². The average Bonchev–Trinajstić information content (AvgIpc) is 2.98. The number of fused-ring (bicyclic) bond motifs is 1. The largest absolute Gasteiger partial charge is 0.393 e. The maximum Gasteiger partial charge on any atom is 0.0616 e. The quantitative estimate of drug-likeness (QED) is 0.520. The van der Waals surface area contributed by atoms with Crippen LogP contribution in [0.2, 0.25) is 0 Å². The number of hydrogen-bond acceptors (Lipinski definition) is 3. The van der Waals surface area contributed by atoms with Crippen LogP contribution in [0.15, 0.2) is 35.5 Å². The Morgan fingerprint density at radius 3 is 2.63 bits per heavy atom. The molecular formula is C27H44O3. The van der Waals surface area contributed by atoms with Gasteiger partial charge in [-0.05, 0) is 100 Å². The molecule has 0 aromatic carbocycles. The molecule has 0 saturated heterocycles. The minimum Gasteiger partial charge on any atom is -0.393 e. The van der Waals surface area contributed by atoms with Crippen LogP contribution in [0.1, 0.15) is 91.9 Å². The molecule has 0 aromatic heterocycles. The van der Waals surface area contributed by atoms with Crippen LogP contribution < -0.4 is 0 Å². The fourth-order valence-corrected chi connectivity index (χ4v) is 6.86. The van der Waals surface area contributed by atoms with Crippen molar-refractivity contribution in [1.82, 2.24) is 0 Å². The van der Waals surface area contributed by atoms with Crippen LogP contribution in [-0.2, 0) is 0 Å². The topological polar surface area (TPSA) is 60.7 Å². The molecule has 3 aliphatic carbocycles. The van der Waals surface area contributed by atoms with E-state index in [4.69, 9.17) is 0 Å². The number of hydrogen-bond donors (Lipinski definition) is 3. The van der Waals surface area contributed by atoms with E-state index in [0.29, 0.717) is 29.6 Å². The molecule has 0 aliphatic heterocycles. The predicted octanol–water partition coefficient (Wildman–Crippen LogP) is 5.70. The molecule has 170 valence electrons. The lowest BCUT2D eigenvalue weighted by Gasteiger charge is -2.44. The third kappa shape index (κ3) is 5.47. The second-order valence-electron chi connectivity index (χ2n) is 11.4. The normalized spacial score (nSPS) is 37.4. The van der Waals surface area contributed by atoms with Gasteiger partial charge in [0.05, 0.1) is 17.8 Å². The Morgan fingerprint density at radius 1 is 1.20 bits per heavy atom. The Labute approximate surface area is 184 Å². The molecule has 0 bridgehead atoms. The van der Waals surface area contributed by atoms with Gasteiger partial charge in [-0.25, -0.2) is 0 Å². The molecule has 3 N–H and O–H groups in total. The Kier molecular flexibility index (Phi) is 7.37. The summed E-state index contributed by atoms with van der Waals surface area (Å²) >= 11 is 0. The van der Waals surface area contributed by atoms with Crippen LogP contribution >= 0.6 is 0 Å². The van der Waals surface area contributed by atoms with Gasteiger partial charge in [-0.3, -0.25) is 0 Å². The van der Waals surface area contributed by atoms with Crippen LogP contribution in [0.5, 0.6) is 0 Å². The van der Waals surface area contributed by atoms with Gasteiger partial charge >= 0.3 is 0 Å². The third-order valence-corrected chi connectivity index (χ3v) is 8.29. The predicted molar refractivity (Wildman–Crippen MR) is 124 cm³/mol. The van der Waals surface area contributed by atoms with E-state index in [-0.39, 0.29) is 6.10 Å². The van der Waals surface area contributed by atoms with E-state index >= 15 is 0 Å². The van der Waals surface area contributed by atoms with Gasteiger partial charge < -0.3 is 15.3 Å². The van der Waals surface area contributed by atoms with E-state index in [1.807, 2.05) is 0 Å². The molecule has 3 fully saturated rings. The number of allylic oxidation sites excluding steroid dienone is 4. The molecule has 6 atom stereocenters. The zero-order valence-corrected chi connectivity index (χ0v) is 19.7. The summed E-state index contributed by atoms with van der Waals surface area (Å²) in [6.45, 7) is 12.6. The van der Waals surface area contributed by atoms with Gasteiger partial charge in [0.25, 0.3) is 0 Å². The summed E-state index contributed by atoms with van der Waals surface area (Å²) in [5, 5.41) is 30.6. The molecule has 0 radical (unpaired) electrons. The molecule has 0 amide bonds. The van der Waals surface area contributed by atoms with Gasteiger partial charge in [0.2, 0.25) is 0 Å². The minimum atomic E-state index is -0.813. The molecule has 0 aromatic rings. The first kappa shape index (κ1) is 23.8. The SMILES string of the molecule is C=C1CC[C@@H](O)CC1=CC=C1CCC[C@]2(C)[C@@H]([C@H](C)CC(O)CC(C)(C)O)CC[C@@H]12. The summed E-state index contributed by atoms with van der Waals surface area (Å²) in [6, 6.07) is 0. The van der Waals surface area contributed by atoms with E-state index < -0.39 is 11.7 Å². The van der Waals surface area contributed by atoms with Crippen LogP contribution in [0.3, 0.4) is 0 Å². The summed E-state index contributed by atoms with van der Waals surface area (Å²) < 4.78 is 0. The van der Waals surface area contributed by atoms with Crippen molar-refractivity contribution in [3.05, 3.63) is 35.5 Å². The molecule has 0 heterocycles. The van der Waals surface area contributed by atoms with Crippen molar-refractivity contribution in [2.45, 2.75) is 110 Å². The molecule has 3 rings (SSSR count). The van der Waals surface area contributed by atoms with Crippen LogP contribution in [0.25, 0.3) is 0 Å². The maximum atomic E-state index is 10.5. The third-order valence-electron chi connectivity index (χ3n) is 8.29. The Morgan fingerprint density at radius 2 is 1.93 bits per heavy atom. The standard InChI is InChI=1S/C27H44O3/c1-18-8-11-22(28)16-21(18)10-9-20-7-6-14-27(5)24(12-13-25(20)27)19(2)15-23(29)17-26(3,4)30/h9-10,19,22-25,28-30H,1,6-8,11-17H2,2-5H3/t19-,22-,23?,24-,25+,27-/m1/s1. The smallest absolute Gasteiger partial charge is 0.0616 e. The number of aliphatic hydroxyl groups excluding tert-OH is 2. The first-order valence-electron chi connectivity index (χ1n) is 12.2. The highest BCUT2D eigenvalue weighted by Gasteiger charge is 2.50. The molecule has 3 heteroatoms. The zero-order chi connectivity index (χ0) is 22.1. The van der Waals surface area contributed by atoms with Crippen molar-refractivity contribution < 1.29 is 15.3 Å². The van der Waals surface area contributed by atoms with Gasteiger partial charge in [0.1, 0.15) is 0 Å². The second-order valence-corrected chi connectivity index (χ2v) is 11.4. The molecule has 3 saturated carbocycles. The summed E-state index contributed by atoms with van der Waals surface area (Å²) in [6.07, 6.45) is 13.8. The molecule has 3 nitrogen and oxygen atoms in total. The van der Waals surface area contributed by atoms with Crippen LogP contribution in [0.4, 0.5) is 0 Å². The van der Waals surface area contributed by atoms with Crippen LogP contribution in [0, 0.1) is 23.2 Å². The highest BCUT2D eigenvalue weighted by Crippen LogP contribution is 2.60. The summed E-state index contributed by atoms with van der Waals surface area (Å²) in [5.41, 5.74) is 3.49. The van der Waals surface area contributed by atoms with Crippen molar-refractivity contribution in [2.24, 2.45) is 23.2 Å². The van der Waals surface area contributed by atoms with Gasteiger partial charge in [-0.15, -0.1) is 0 Å². The lowest BCUT2D eigenvalue weighted by atomic mass is 9.60. The van der Waals surface area contributed by atoms with E-state index in [1.165, 1.54) is 43.3 Å². The number of rotatable bonds is 6. The lowest BCUT2D eigenvalue weighted by molar-refractivity contribution is 0.000134. The summed E-state index contributed by atoms with van der Waals surface area (Å²) in [7, 11) is 0. The van der Waals surface area contributed by atoms with E-state index in [2.05, 4.69) is 32.6 Å². The minimum absolute atomic E-state index is 0.219. The van der Waals surface area contributed by atoms with Crippen molar-refractivity contribution in [2.75, 3.05) is 0 Å². The molecule has 3 aliphatic rings. The zero-order valence-electron chi connectivity index (χ0n) is 19.7. The average molecular weight is 417 g/mol. The van der Waals surface area contributed by atoms with Crippen molar-refractivity contribution in [3.63, 3.8) is 0 Å². The van der Waals surface area contributed by atoms with E-state index in [0.717, 1.165) is 25.7 Å². The highest BCUT2D eigenvalue weighted by atomic mass is 16.3. The van der Waals surface area contributed by atoms with E-state index in [9.17, 15) is 15.3 Å². The van der Waals surface area contributed by atoms with Crippen molar-refractivity contribution in [3.8, 4) is 0 Å². The molecule has 0 spiro atoms. The highest BCUT2D eigenvalue weighted by molar-refractivity contribution is 5.36. The lowest BCUT2D eigenvalue weighted by Crippen LogP contribution is -2.37. The summed E-state index contributed by atoms with van der Waals surface area (Å²) in [5.74, 6) is 1.72. The maximum absolute atomic E-state index is 10.5. The Hall–Kier alpha value is -0.900. The summed E-state index contributed by atoms with van der Waals surface area (Å²) in [4.78, 5) is 0. The Balaban J connectivity index is 1.71. The van der Waals surface area contributed by atoms with Crippen molar-refractivity contribution >= 4 is 0 Å². The van der Waals surface area contributed by atoms with Gasteiger partial charge in [0.15, 0.2) is 0 Å². The van der Waals surface area contributed by atoms with Gasteiger partial charge in [-0.2, -0.15) is 0 Å². The number of aliphatic hydroxyl groups is 3. The van der Waals surface area contributed by atoms with Crippen molar-refractivity contribution in [1.29, 1.82) is 0 Å². The van der Waals surface area contributed by atoms with Gasteiger partial charge in [0, 0.05) is 6.42 Å².